The van der Waals surface area contributed by atoms with Crippen LogP contribution in [0.1, 0.15) is 119 Å². The second kappa shape index (κ2) is 12.6. The van der Waals surface area contributed by atoms with Crippen molar-refractivity contribution in [2.24, 2.45) is 58.2 Å². The third kappa shape index (κ3) is 5.81. The summed E-state index contributed by atoms with van der Waals surface area (Å²) in [7, 11) is 0. The zero-order valence-electron chi connectivity index (χ0n) is 26.9. The number of ether oxygens (including phenoxy) is 2. The Morgan fingerprint density at radius 1 is 0.829 bits per heavy atom. The van der Waals surface area contributed by atoms with Gasteiger partial charge in [-0.25, -0.2) is 0 Å². The monoisotopic (exact) mass is 578 g/mol. The first-order valence-electron chi connectivity index (χ1n) is 17.4. The number of hydrogen-bond acceptors (Lipinski definition) is 6. The van der Waals surface area contributed by atoms with E-state index in [0.29, 0.717) is 16.7 Å². The highest BCUT2D eigenvalue weighted by molar-refractivity contribution is 5.10. The van der Waals surface area contributed by atoms with E-state index in [1.165, 1.54) is 57.8 Å². The Kier molecular flexibility index (Phi) is 9.91. The molecule has 4 N–H and O–H groups in total. The van der Waals surface area contributed by atoms with Gasteiger partial charge in [0.15, 0.2) is 6.29 Å². The molecule has 1 heterocycles. The van der Waals surface area contributed by atoms with E-state index in [1.807, 2.05) is 0 Å². The van der Waals surface area contributed by atoms with Crippen molar-refractivity contribution in [3.05, 3.63) is 0 Å². The molecular weight excluding hydrogens is 516 g/mol. The fourth-order valence-corrected chi connectivity index (χ4v) is 11.4. The van der Waals surface area contributed by atoms with Crippen LogP contribution in [0.25, 0.3) is 0 Å². The summed E-state index contributed by atoms with van der Waals surface area (Å²) in [5.41, 5.74) is 0.849. The number of rotatable bonds is 9. The van der Waals surface area contributed by atoms with Crippen LogP contribution in [0.2, 0.25) is 0 Å². The van der Waals surface area contributed by atoms with Gasteiger partial charge in [0.2, 0.25) is 0 Å². The average molecular weight is 579 g/mol. The van der Waals surface area contributed by atoms with Gasteiger partial charge in [-0.2, -0.15) is 0 Å². The molecule has 5 fully saturated rings. The minimum atomic E-state index is -1.38. The summed E-state index contributed by atoms with van der Waals surface area (Å²) in [5.74, 6) is 6.51. The molecule has 4 saturated carbocycles. The minimum Gasteiger partial charge on any atom is -0.394 e. The van der Waals surface area contributed by atoms with Crippen LogP contribution in [0, 0.1) is 58.2 Å². The largest absolute Gasteiger partial charge is 0.394 e. The van der Waals surface area contributed by atoms with Crippen molar-refractivity contribution >= 4 is 0 Å². The van der Waals surface area contributed by atoms with Gasteiger partial charge in [-0.3, -0.25) is 0 Å². The van der Waals surface area contributed by atoms with Gasteiger partial charge in [0.05, 0.1) is 12.7 Å². The molecule has 0 spiro atoms. The molecule has 0 aromatic heterocycles. The lowest BCUT2D eigenvalue weighted by Gasteiger charge is -2.61. The highest BCUT2D eigenvalue weighted by Gasteiger charge is 2.61. The van der Waals surface area contributed by atoms with E-state index in [2.05, 4.69) is 41.5 Å². The molecule has 6 nitrogen and oxygen atoms in total. The van der Waals surface area contributed by atoms with Gasteiger partial charge in [0.1, 0.15) is 24.4 Å². The summed E-state index contributed by atoms with van der Waals surface area (Å²) in [5, 5.41) is 40.4. The maximum absolute atomic E-state index is 10.5. The number of hydrogen-bond donors (Lipinski definition) is 4. The molecule has 238 valence electrons. The zero-order chi connectivity index (χ0) is 29.7. The third-order valence-corrected chi connectivity index (χ3v) is 14.0. The van der Waals surface area contributed by atoms with Crippen LogP contribution < -0.4 is 0 Å². The van der Waals surface area contributed by atoms with Crippen LogP contribution in [0.3, 0.4) is 0 Å². The third-order valence-electron chi connectivity index (χ3n) is 14.0. The van der Waals surface area contributed by atoms with Gasteiger partial charge in [-0.15, -0.1) is 0 Å². The predicted octanol–water partition coefficient (Wildman–Crippen LogP) is 5.93. The first kappa shape index (κ1) is 32.2. The summed E-state index contributed by atoms with van der Waals surface area (Å²) >= 11 is 0. The van der Waals surface area contributed by atoms with Crippen LogP contribution in [0.5, 0.6) is 0 Å². The highest BCUT2D eigenvalue weighted by atomic mass is 16.7. The van der Waals surface area contributed by atoms with E-state index >= 15 is 0 Å². The second-order valence-electron chi connectivity index (χ2n) is 16.1. The van der Waals surface area contributed by atoms with E-state index in [0.717, 1.165) is 60.7 Å². The van der Waals surface area contributed by atoms with Crippen LogP contribution >= 0.6 is 0 Å². The molecule has 4 aliphatic carbocycles. The number of aliphatic hydroxyl groups is 4. The summed E-state index contributed by atoms with van der Waals surface area (Å²) in [6.07, 6.45) is 9.34. The average Bonchev–Trinajstić information content (AvgIpc) is 3.30. The maximum Gasteiger partial charge on any atom is 0.186 e. The van der Waals surface area contributed by atoms with E-state index in [1.54, 1.807) is 0 Å². The Hall–Kier alpha value is -0.240. The summed E-state index contributed by atoms with van der Waals surface area (Å²) in [6.45, 7) is 14.6. The molecule has 5 aliphatic rings. The number of aliphatic hydroxyl groups excluding tert-OH is 4. The quantitative estimate of drug-likeness (QED) is 0.253. The molecule has 6 heteroatoms. The maximum atomic E-state index is 10.5. The molecule has 0 aromatic carbocycles. The molecule has 1 saturated heterocycles. The van der Waals surface area contributed by atoms with E-state index < -0.39 is 37.3 Å². The second-order valence-corrected chi connectivity index (χ2v) is 16.1. The lowest BCUT2D eigenvalue weighted by molar-refractivity contribution is -0.316. The summed E-state index contributed by atoms with van der Waals surface area (Å²) < 4.78 is 11.9. The van der Waals surface area contributed by atoms with Crippen molar-refractivity contribution in [2.75, 3.05) is 6.61 Å². The van der Waals surface area contributed by atoms with Crippen molar-refractivity contribution in [3.8, 4) is 0 Å². The van der Waals surface area contributed by atoms with Gasteiger partial charge < -0.3 is 29.9 Å². The van der Waals surface area contributed by atoms with Gasteiger partial charge in [-0.05, 0) is 122 Å². The smallest absolute Gasteiger partial charge is 0.186 e. The molecule has 5 rings (SSSR count). The molecule has 41 heavy (non-hydrogen) atoms. The standard InChI is InChI=1S/C35H62O6/c1-7-22(20(2)3)9-8-21(4)26-12-13-27-25-11-10-23-18-24(14-16-34(23,5)28(25)15-17-35(26,27)6)40-33-32(39)31(38)30(37)29(19-36)41-33/h20-33,36-39H,7-19H2,1-6H3/t21?,22-,23?,24+,25+,26-,27+,28+,29-,30-,31+,32-,33-,34+,35-/m1/s1. The Balaban J connectivity index is 1.20. The SMILES string of the molecule is CC[C@H](CCC(C)[C@H]1CC[C@H]2[C@@H]3CCC4C[C@@H](O[C@@H]5O[C@H](CO)[C@@H](O)[C@H](O)[C@H]5O)CC[C@]4(C)[C@H]3CC[C@]12C)C(C)C. The molecule has 15 atom stereocenters. The summed E-state index contributed by atoms with van der Waals surface area (Å²) in [6, 6.07) is 0. The lowest BCUT2D eigenvalue weighted by atomic mass is 9.44. The highest BCUT2D eigenvalue weighted by Crippen LogP contribution is 2.68. The van der Waals surface area contributed by atoms with Crippen LogP contribution in [0.15, 0.2) is 0 Å². The van der Waals surface area contributed by atoms with Gasteiger partial charge in [0, 0.05) is 0 Å². The van der Waals surface area contributed by atoms with Gasteiger partial charge >= 0.3 is 0 Å². The van der Waals surface area contributed by atoms with Crippen molar-refractivity contribution in [1.29, 1.82) is 0 Å². The molecule has 0 aromatic rings. The Labute approximate surface area is 250 Å². The normalized spacial score (nSPS) is 49.7. The molecule has 1 aliphatic heterocycles. The number of fused-ring (bicyclic) bond motifs is 5. The van der Waals surface area contributed by atoms with Gasteiger partial charge in [0.25, 0.3) is 0 Å². The van der Waals surface area contributed by atoms with E-state index in [9.17, 15) is 20.4 Å². The molecule has 0 bridgehead atoms. The predicted molar refractivity (Wildman–Crippen MR) is 161 cm³/mol. The van der Waals surface area contributed by atoms with E-state index in [-0.39, 0.29) is 6.10 Å². The fourth-order valence-electron chi connectivity index (χ4n) is 11.4. The van der Waals surface area contributed by atoms with Crippen molar-refractivity contribution in [2.45, 2.75) is 155 Å². The molecule has 2 unspecified atom stereocenters. The molecule has 0 amide bonds. The zero-order valence-corrected chi connectivity index (χ0v) is 26.9. The molecule has 0 radical (unpaired) electrons. The van der Waals surface area contributed by atoms with Crippen molar-refractivity contribution in [1.82, 2.24) is 0 Å². The Bertz CT molecular complexity index is 864. The Morgan fingerprint density at radius 2 is 1.54 bits per heavy atom. The molecular formula is C35H62O6. The van der Waals surface area contributed by atoms with Crippen LogP contribution in [-0.2, 0) is 9.47 Å². The first-order chi connectivity index (χ1) is 19.4. The van der Waals surface area contributed by atoms with E-state index in [4.69, 9.17) is 9.47 Å². The first-order valence-corrected chi connectivity index (χ1v) is 17.4. The van der Waals surface area contributed by atoms with Crippen LogP contribution in [0.4, 0.5) is 0 Å². The minimum absolute atomic E-state index is 0.0330. The fraction of sp³-hybridized carbons (Fsp3) is 1.00. The lowest BCUT2D eigenvalue weighted by Crippen LogP contribution is -2.60. The van der Waals surface area contributed by atoms with Crippen molar-refractivity contribution in [3.63, 3.8) is 0 Å². The topological polar surface area (TPSA) is 99.4 Å². The van der Waals surface area contributed by atoms with Gasteiger partial charge in [-0.1, -0.05) is 54.4 Å². The Morgan fingerprint density at radius 3 is 2.22 bits per heavy atom. The summed E-state index contributed by atoms with van der Waals surface area (Å²) in [4.78, 5) is 0. The van der Waals surface area contributed by atoms with Crippen molar-refractivity contribution < 1.29 is 29.9 Å². The van der Waals surface area contributed by atoms with Crippen LogP contribution in [-0.4, -0.2) is 63.8 Å².